The minimum Gasteiger partial charge on any atom is -0.396 e. The number of pyridine rings is 1. The predicted molar refractivity (Wildman–Crippen MR) is 69.3 cm³/mol. The van der Waals surface area contributed by atoms with E-state index in [0.29, 0.717) is 12.2 Å². The Morgan fingerprint density at radius 2 is 2.12 bits per heavy atom. The van der Waals surface area contributed by atoms with Gasteiger partial charge >= 0.3 is 0 Å². The van der Waals surface area contributed by atoms with E-state index in [0.717, 1.165) is 10.2 Å². The van der Waals surface area contributed by atoms with Gasteiger partial charge in [0.15, 0.2) is 0 Å². The van der Waals surface area contributed by atoms with Crippen molar-refractivity contribution in [2.45, 2.75) is 0 Å². The number of nitrogens with zero attached hydrogens (tertiary/aromatic N) is 2. The first-order valence-electron chi connectivity index (χ1n) is 4.59. The zero-order chi connectivity index (χ0) is 12.3. The number of hydrogen-bond donors (Lipinski definition) is 1. The second kappa shape index (κ2) is 5.01. The maximum Gasteiger partial charge on any atom is 0.149 e. The van der Waals surface area contributed by atoms with E-state index in [2.05, 4.69) is 20.9 Å². The lowest BCUT2D eigenvalue weighted by Gasteiger charge is -2.21. The molecule has 0 amide bonds. The van der Waals surface area contributed by atoms with E-state index < -0.39 is 9.84 Å². The number of halogens is 1. The molecule has 0 radical (unpaired) electrons. The van der Waals surface area contributed by atoms with Crippen LogP contribution < -0.4 is 10.6 Å². The summed E-state index contributed by atoms with van der Waals surface area (Å²) in [6, 6.07) is 0. The molecule has 0 aliphatic rings. The largest absolute Gasteiger partial charge is 0.396 e. The SMILES string of the molecule is CN(CCS(C)(=O)=O)c1c(N)cncc1Br. The van der Waals surface area contributed by atoms with Crippen LogP contribution in [0.2, 0.25) is 0 Å². The van der Waals surface area contributed by atoms with E-state index >= 15 is 0 Å². The van der Waals surface area contributed by atoms with Crippen LogP contribution in [0.15, 0.2) is 16.9 Å². The molecule has 5 nitrogen and oxygen atoms in total. The summed E-state index contributed by atoms with van der Waals surface area (Å²) >= 11 is 3.33. The van der Waals surface area contributed by atoms with Gasteiger partial charge in [-0.1, -0.05) is 0 Å². The van der Waals surface area contributed by atoms with Crippen LogP contribution in [0.1, 0.15) is 0 Å². The summed E-state index contributed by atoms with van der Waals surface area (Å²) in [5.41, 5.74) is 7.06. The Labute approximate surface area is 104 Å². The number of aromatic nitrogens is 1. The summed E-state index contributed by atoms with van der Waals surface area (Å²) in [5.74, 6) is 0.0949. The average Bonchev–Trinajstić information content (AvgIpc) is 2.13. The van der Waals surface area contributed by atoms with Crippen LogP contribution in [0, 0.1) is 0 Å². The highest BCUT2D eigenvalue weighted by Crippen LogP contribution is 2.29. The van der Waals surface area contributed by atoms with E-state index in [1.54, 1.807) is 18.1 Å². The Hall–Kier alpha value is -0.820. The molecule has 1 aromatic rings. The van der Waals surface area contributed by atoms with Gasteiger partial charge in [-0.25, -0.2) is 8.42 Å². The van der Waals surface area contributed by atoms with Gasteiger partial charge < -0.3 is 10.6 Å². The molecule has 1 heterocycles. The first-order valence-corrected chi connectivity index (χ1v) is 7.44. The topological polar surface area (TPSA) is 76.3 Å². The zero-order valence-corrected chi connectivity index (χ0v) is 11.5. The fourth-order valence-corrected chi connectivity index (χ4v) is 2.52. The standard InChI is InChI=1S/C9H14BrN3O2S/c1-13(3-4-16(2,14)15)9-7(10)5-12-6-8(9)11/h5-6H,3-4,11H2,1-2H3. The Morgan fingerprint density at radius 1 is 1.50 bits per heavy atom. The molecule has 0 saturated heterocycles. The van der Waals surface area contributed by atoms with Gasteiger partial charge in [0.05, 0.1) is 27.8 Å². The van der Waals surface area contributed by atoms with Crippen LogP contribution in [-0.4, -0.2) is 39.0 Å². The molecule has 0 atom stereocenters. The number of nitrogen functional groups attached to an aromatic ring is 1. The fraction of sp³-hybridized carbons (Fsp3) is 0.444. The summed E-state index contributed by atoms with van der Waals surface area (Å²) in [6.07, 6.45) is 4.38. The second-order valence-corrected chi connectivity index (χ2v) is 6.72. The van der Waals surface area contributed by atoms with Gasteiger partial charge in [0.25, 0.3) is 0 Å². The Morgan fingerprint density at radius 3 is 2.62 bits per heavy atom. The zero-order valence-electron chi connectivity index (χ0n) is 9.14. The van der Waals surface area contributed by atoms with Crippen molar-refractivity contribution in [1.29, 1.82) is 0 Å². The maximum atomic E-state index is 11.1. The third-order valence-electron chi connectivity index (χ3n) is 2.08. The lowest BCUT2D eigenvalue weighted by Crippen LogP contribution is -2.26. The number of hydrogen-bond acceptors (Lipinski definition) is 5. The first-order chi connectivity index (χ1) is 7.31. The highest BCUT2D eigenvalue weighted by Gasteiger charge is 2.12. The van der Waals surface area contributed by atoms with Gasteiger partial charge in [-0.05, 0) is 15.9 Å². The lowest BCUT2D eigenvalue weighted by atomic mass is 10.3. The van der Waals surface area contributed by atoms with Crippen molar-refractivity contribution in [3.8, 4) is 0 Å². The number of anilines is 2. The molecular formula is C9H14BrN3O2S. The minimum atomic E-state index is -2.97. The molecule has 7 heteroatoms. The third kappa shape index (κ3) is 3.64. The molecule has 0 spiro atoms. The van der Waals surface area contributed by atoms with Crippen molar-refractivity contribution < 1.29 is 8.42 Å². The summed E-state index contributed by atoms with van der Waals surface area (Å²) in [5, 5.41) is 0. The van der Waals surface area contributed by atoms with Gasteiger partial charge in [0.1, 0.15) is 9.84 Å². The number of nitrogens with two attached hydrogens (primary N) is 1. The van der Waals surface area contributed by atoms with E-state index in [1.165, 1.54) is 12.5 Å². The van der Waals surface area contributed by atoms with E-state index in [9.17, 15) is 8.42 Å². The monoisotopic (exact) mass is 307 g/mol. The summed E-state index contributed by atoms with van der Waals surface area (Å²) in [4.78, 5) is 5.71. The summed E-state index contributed by atoms with van der Waals surface area (Å²) in [6.45, 7) is 0.394. The van der Waals surface area contributed by atoms with Crippen molar-refractivity contribution in [3.63, 3.8) is 0 Å². The Bertz CT molecular complexity index is 455. The molecule has 90 valence electrons. The normalized spacial score (nSPS) is 11.4. The highest BCUT2D eigenvalue weighted by atomic mass is 79.9. The van der Waals surface area contributed by atoms with Crippen molar-refractivity contribution in [2.24, 2.45) is 0 Å². The molecule has 1 rings (SSSR count). The molecule has 0 fully saturated rings. The van der Waals surface area contributed by atoms with E-state index in [4.69, 9.17) is 5.73 Å². The molecular weight excluding hydrogens is 294 g/mol. The van der Waals surface area contributed by atoms with Gasteiger partial charge in [0.2, 0.25) is 0 Å². The minimum absolute atomic E-state index is 0.0949. The average molecular weight is 308 g/mol. The molecule has 0 aliphatic heterocycles. The van der Waals surface area contributed by atoms with Crippen molar-refractivity contribution >= 4 is 37.1 Å². The summed E-state index contributed by atoms with van der Waals surface area (Å²) in [7, 11) is -1.17. The molecule has 16 heavy (non-hydrogen) atoms. The summed E-state index contributed by atoms with van der Waals surface area (Å²) < 4.78 is 22.9. The number of rotatable bonds is 4. The molecule has 2 N–H and O–H groups in total. The molecule has 0 aliphatic carbocycles. The van der Waals surface area contributed by atoms with Gasteiger partial charge in [0, 0.05) is 26.0 Å². The Balaban J connectivity index is 2.85. The van der Waals surface area contributed by atoms with Crippen LogP contribution in [0.25, 0.3) is 0 Å². The van der Waals surface area contributed by atoms with Crippen LogP contribution >= 0.6 is 15.9 Å². The molecule has 0 bridgehead atoms. The molecule has 0 saturated carbocycles. The molecule has 1 aromatic heterocycles. The fourth-order valence-electron chi connectivity index (χ4n) is 1.26. The predicted octanol–water partition coefficient (Wildman–Crippen LogP) is 0.907. The lowest BCUT2D eigenvalue weighted by molar-refractivity contribution is 0.601. The van der Waals surface area contributed by atoms with Crippen molar-refractivity contribution in [3.05, 3.63) is 16.9 Å². The van der Waals surface area contributed by atoms with Crippen LogP contribution in [0.5, 0.6) is 0 Å². The van der Waals surface area contributed by atoms with Crippen LogP contribution in [-0.2, 0) is 9.84 Å². The smallest absolute Gasteiger partial charge is 0.149 e. The second-order valence-electron chi connectivity index (χ2n) is 3.61. The van der Waals surface area contributed by atoms with Gasteiger partial charge in [-0.2, -0.15) is 0 Å². The quantitative estimate of drug-likeness (QED) is 0.894. The van der Waals surface area contributed by atoms with Gasteiger partial charge in [-0.15, -0.1) is 0 Å². The van der Waals surface area contributed by atoms with Gasteiger partial charge in [-0.3, -0.25) is 4.98 Å². The van der Waals surface area contributed by atoms with Crippen molar-refractivity contribution in [2.75, 3.05) is 36.2 Å². The van der Waals surface area contributed by atoms with Crippen molar-refractivity contribution in [1.82, 2.24) is 4.98 Å². The first kappa shape index (κ1) is 13.2. The van der Waals surface area contributed by atoms with Crippen LogP contribution in [0.4, 0.5) is 11.4 Å². The van der Waals surface area contributed by atoms with E-state index in [-0.39, 0.29) is 5.75 Å². The van der Waals surface area contributed by atoms with E-state index in [1.807, 2.05) is 0 Å². The Kier molecular flexibility index (Phi) is 4.15. The maximum absolute atomic E-state index is 11.1. The molecule has 0 aromatic carbocycles. The highest BCUT2D eigenvalue weighted by molar-refractivity contribution is 9.10. The molecule has 0 unspecified atom stereocenters. The third-order valence-corrected chi connectivity index (χ3v) is 3.58. The van der Waals surface area contributed by atoms with Crippen LogP contribution in [0.3, 0.4) is 0 Å². The number of sulfone groups is 1.